The van der Waals surface area contributed by atoms with Crippen LogP contribution in [0.4, 0.5) is 0 Å². The molecule has 0 bridgehead atoms. The van der Waals surface area contributed by atoms with Gasteiger partial charge in [0.05, 0.1) is 0 Å². The lowest BCUT2D eigenvalue weighted by Gasteiger charge is -2.09. The van der Waals surface area contributed by atoms with Crippen molar-refractivity contribution in [2.75, 3.05) is 0 Å². The van der Waals surface area contributed by atoms with E-state index in [1.165, 1.54) is 0 Å². The van der Waals surface area contributed by atoms with Crippen LogP contribution < -0.4 is 18.9 Å². The van der Waals surface area contributed by atoms with Crippen molar-refractivity contribution in [3.05, 3.63) is 72.8 Å². The van der Waals surface area contributed by atoms with Gasteiger partial charge < -0.3 is 18.9 Å². The van der Waals surface area contributed by atoms with Crippen LogP contribution in [0.1, 0.15) is 0 Å². The molecular weight excluding hydrogens is 332 g/mol. The Kier molecular flexibility index (Phi) is 5.19. The van der Waals surface area contributed by atoms with Gasteiger partial charge in [-0.1, -0.05) is 12.1 Å². The largest absolute Gasteiger partial charge is 0.457 e. The van der Waals surface area contributed by atoms with Gasteiger partial charge in [-0.2, -0.15) is 0 Å². The summed E-state index contributed by atoms with van der Waals surface area (Å²) >= 11 is 0. The summed E-state index contributed by atoms with van der Waals surface area (Å²) in [4.78, 5) is 0. The van der Waals surface area contributed by atoms with Crippen LogP contribution in [0.3, 0.4) is 0 Å². The van der Waals surface area contributed by atoms with E-state index >= 15 is 0 Å². The van der Waals surface area contributed by atoms with Gasteiger partial charge in [0.25, 0.3) is 12.5 Å². The maximum Gasteiger partial charge on any atom is 0.292 e. The Bertz CT molecular complexity index is 892. The maximum atomic E-state index is 8.55. The molecule has 6 heteroatoms. The summed E-state index contributed by atoms with van der Waals surface area (Å²) in [7, 11) is 0. The van der Waals surface area contributed by atoms with Gasteiger partial charge in [0, 0.05) is 12.1 Å². The molecule has 0 heterocycles. The highest BCUT2D eigenvalue weighted by atomic mass is 16.5. The molecule has 6 nitrogen and oxygen atoms in total. The Morgan fingerprint density at radius 1 is 0.500 bits per heavy atom. The van der Waals surface area contributed by atoms with Crippen molar-refractivity contribution >= 4 is 0 Å². The van der Waals surface area contributed by atoms with Crippen molar-refractivity contribution < 1.29 is 18.9 Å². The quantitative estimate of drug-likeness (QED) is 0.586. The van der Waals surface area contributed by atoms with E-state index in [4.69, 9.17) is 29.5 Å². The average molecular weight is 344 g/mol. The Labute approximate surface area is 150 Å². The summed E-state index contributed by atoms with van der Waals surface area (Å²) < 4.78 is 21.0. The van der Waals surface area contributed by atoms with Gasteiger partial charge in [0.15, 0.2) is 0 Å². The molecule has 0 unspecified atom stereocenters. The van der Waals surface area contributed by atoms with E-state index in [1.807, 2.05) is 0 Å². The number of ether oxygens (including phenoxy) is 4. The molecule has 0 aromatic heterocycles. The molecule has 0 saturated heterocycles. The van der Waals surface area contributed by atoms with Gasteiger partial charge in [-0.3, -0.25) is 0 Å². The van der Waals surface area contributed by atoms with Gasteiger partial charge in [-0.05, 0) is 48.5 Å². The molecule has 126 valence electrons. The minimum atomic E-state index is 0.407. The van der Waals surface area contributed by atoms with E-state index in [9.17, 15) is 0 Å². The fraction of sp³-hybridized carbons (Fsp3) is 0. The summed E-state index contributed by atoms with van der Waals surface area (Å²) in [5.74, 6) is 3.12. The van der Waals surface area contributed by atoms with E-state index in [0.29, 0.717) is 34.5 Å². The summed E-state index contributed by atoms with van der Waals surface area (Å²) in [6, 6.07) is 20.6. The molecule has 0 aliphatic carbocycles. The Hall–Kier alpha value is -4.16. The molecular formula is C20H12N2O4. The van der Waals surface area contributed by atoms with E-state index in [0.717, 1.165) is 0 Å². The van der Waals surface area contributed by atoms with Crippen LogP contribution in [0.15, 0.2) is 72.8 Å². The number of hydrogen-bond acceptors (Lipinski definition) is 6. The molecule has 0 fully saturated rings. The first kappa shape index (κ1) is 16.7. The van der Waals surface area contributed by atoms with Crippen molar-refractivity contribution in [1.29, 1.82) is 10.5 Å². The summed E-state index contributed by atoms with van der Waals surface area (Å²) in [5.41, 5.74) is 0. The molecule has 3 aromatic carbocycles. The SMILES string of the molecule is N#COc1cccc(Oc2ccc(Oc3cccc(OC#N)c3)cc2)c1. The second kappa shape index (κ2) is 8.09. The predicted molar refractivity (Wildman–Crippen MR) is 92.0 cm³/mol. The Morgan fingerprint density at radius 3 is 1.27 bits per heavy atom. The molecule has 0 amide bonds. The van der Waals surface area contributed by atoms with Gasteiger partial charge in [-0.25, -0.2) is 0 Å². The van der Waals surface area contributed by atoms with Gasteiger partial charge >= 0.3 is 0 Å². The fourth-order valence-electron chi connectivity index (χ4n) is 2.16. The molecule has 0 N–H and O–H groups in total. The van der Waals surface area contributed by atoms with E-state index in [2.05, 4.69) is 0 Å². The van der Waals surface area contributed by atoms with E-state index < -0.39 is 0 Å². The number of nitrogens with zero attached hydrogens (tertiary/aromatic N) is 2. The minimum absolute atomic E-state index is 0.407. The fourth-order valence-corrected chi connectivity index (χ4v) is 2.16. The van der Waals surface area contributed by atoms with E-state index in [-0.39, 0.29) is 0 Å². The van der Waals surface area contributed by atoms with Gasteiger partial charge in [0.1, 0.15) is 34.5 Å². The lowest BCUT2D eigenvalue weighted by atomic mass is 10.3. The minimum Gasteiger partial charge on any atom is -0.457 e. The van der Waals surface area contributed by atoms with Crippen LogP contribution in [0.25, 0.3) is 0 Å². The maximum absolute atomic E-state index is 8.55. The Morgan fingerprint density at radius 2 is 0.885 bits per heavy atom. The smallest absolute Gasteiger partial charge is 0.292 e. The van der Waals surface area contributed by atoms with Gasteiger partial charge in [0.2, 0.25) is 0 Å². The third-order valence-electron chi connectivity index (χ3n) is 3.23. The van der Waals surface area contributed by atoms with Crippen molar-refractivity contribution in [3.8, 4) is 47.0 Å². The molecule has 0 aliphatic heterocycles. The van der Waals surface area contributed by atoms with Crippen LogP contribution in [0.5, 0.6) is 34.5 Å². The number of benzene rings is 3. The van der Waals surface area contributed by atoms with Crippen LogP contribution in [0.2, 0.25) is 0 Å². The monoisotopic (exact) mass is 344 g/mol. The highest BCUT2D eigenvalue weighted by Gasteiger charge is 2.03. The van der Waals surface area contributed by atoms with Gasteiger partial charge in [-0.15, -0.1) is 10.5 Å². The van der Waals surface area contributed by atoms with Crippen molar-refractivity contribution in [3.63, 3.8) is 0 Å². The van der Waals surface area contributed by atoms with Crippen molar-refractivity contribution in [2.24, 2.45) is 0 Å². The van der Waals surface area contributed by atoms with Crippen molar-refractivity contribution in [1.82, 2.24) is 0 Å². The highest BCUT2D eigenvalue weighted by Crippen LogP contribution is 2.29. The normalized spacial score (nSPS) is 9.46. The second-order valence-corrected chi connectivity index (χ2v) is 5.01. The number of rotatable bonds is 6. The molecule has 0 radical (unpaired) electrons. The summed E-state index contributed by atoms with van der Waals surface area (Å²) in [5, 5.41) is 17.1. The molecule has 26 heavy (non-hydrogen) atoms. The van der Waals surface area contributed by atoms with Crippen LogP contribution in [-0.2, 0) is 0 Å². The van der Waals surface area contributed by atoms with Crippen LogP contribution in [-0.4, -0.2) is 0 Å². The Balaban J connectivity index is 1.67. The first-order valence-corrected chi connectivity index (χ1v) is 7.54. The highest BCUT2D eigenvalue weighted by molar-refractivity contribution is 5.41. The lowest BCUT2D eigenvalue weighted by molar-refractivity contribution is 0.459. The average Bonchev–Trinajstić information content (AvgIpc) is 2.65. The number of nitriles is 2. The molecule has 0 spiro atoms. The lowest BCUT2D eigenvalue weighted by Crippen LogP contribution is -1.88. The zero-order chi connectivity index (χ0) is 18.2. The zero-order valence-corrected chi connectivity index (χ0v) is 13.5. The first-order chi connectivity index (χ1) is 12.8. The third-order valence-corrected chi connectivity index (χ3v) is 3.23. The van der Waals surface area contributed by atoms with Crippen LogP contribution in [0, 0.1) is 23.0 Å². The number of hydrogen-bond donors (Lipinski definition) is 0. The second-order valence-electron chi connectivity index (χ2n) is 5.01. The molecule has 0 aliphatic rings. The first-order valence-electron chi connectivity index (χ1n) is 7.54. The molecule has 0 atom stereocenters. The topological polar surface area (TPSA) is 84.5 Å². The van der Waals surface area contributed by atoms with Crippen molar-refractivity contribution in [2.45, 2.75) is 0 Å². The van der Waals surface area contributed by atoms with Crippen LogP contribution >= 0.6 is 0 Å². The summed E-state index contributed by atoms with van der Waals surface area (Å²) in [6.45, 7) is 0. The molecule has 3 rings (SSSR count). The standard InChI is InChI=1S/C20H12N2O4/c21-13-23-17-3-1-5-19(11-17)25-15-7-9-16(10-8-15)26-20-6-2-4-18(12-20)24-14-22/h1-12H. The predicted octanol–water partition coefficient (Wildman–Crippen LogP) is 4.99. The third kappa shape index (κ3) is 4.44. The van der Waals surface area contributed by atoms with E-state index in [1.54, 1.807) is 85.3 Å². The molecule has 0 saturated carbocycles. The zero-order valence-electron chi connectivity index (χ0n) is 13.5. The molecule has 3 aromatic rings. The summed E-state index contributed by atoms with van der Waals surface area (Å²) in [6.07, 6.45) is 3.24.